The smallest absolute Gasteiger partial charge is 0.251 e. The molecule has 1 N–H and O–H groups in total. The van der Waals surface area contributed by atoms with Crippen LogP contribution in [-0.2, 0) is 4.79 Å². The Morgan fingerprint density at radius 2 is 1.58 bits per heavy atom. The van der Waals surface area contributed by atoms with Crippen LogP contribution in [0.5, 0.6) is 0 Å². The summed E-state index contributed by atoms with van der Waals surface area (Å²) in [5.41, 5.74) is 1.23. The van der Waals surface area contributed by atoms with Crippen molar-refractivity contribution in [1.29, 1.82) is 0 Å². The number of carbonyl (C=O) groups excluding carboxylic acids is 3. The van der Waals surface area contributed by atoms with Crippen LogP contribution in [0.4, 0.5) is 0 Å². The van der Waals surface area contributed by atoms with Gasteiger partial charge in [-0.2, -0.15) is 0 Å². The van der Waals surface area contributed by atoms with Crippen LogP contribution in [0, 0.1) is 5.92 Å². The van der Waals surface area contributed by atoms with Crippen LogP contribution >= 0.6 is 0 Å². The fourth-order valence-electron chi connectivity index (χ4n) is 3.88. The van der Waals surface area contributed by atoms with Crippen molar-refractivity contribution in [3.05, 3.63) is 71.8 Å². The molecule has 3 rings (SSSR count). The summed E-state index contributed by atoms with van der Waals surface area (Å²) >= 11 is 0. The number of hydrogen-bond acceptors (Lipinski definition) is 4. The summed E-state index contributed by atoms with van der Waals surface area (Å²) in [6.07, 6.45) is 2.45. The zero-order chi connectivity index (χ0) is 22.1. The summed E-state index contributed by atoms with van der Waals surface area (Å²) in [5.74, 6) is -0.960. The monoisotopic (exact) mass is 421 g/mol. The van der Waals surface area contributed by atoms with E-state index in [1.54, 1.807) is 24.3 Å². The maximum Gasteiger partial charge on any atom is 0.251 e. The molecule has 2 aromatic carbocycles. The Morgan fingerprint density at radius 3 is 2.26 bits per heavy atom. The van der Waals surface area contributed by atoms with Gasteiger partial charge in [0, 0.05) is 37.3 Å². The fraction of sp³-hybridized carbons (Fsp3) is 0.400. The van der Waals surface area contributed by atoms with E-state index >= 15 is 0 Å². The van der Waals surface area contributed by atoms with Gasteiger partial charge in [-0.3, -0.25) is 14.4 Å². The molecule has 1 fully saturated rings. The van der Waals surface area contributed by atoms with E-state index in [0.717, 1.165) is 25.8 Å². The maximum atomic E-state index is 13.2. The van der Waals surface area contributed by atoms with Gasteiger partial charge in [-0.25, -0.2) is 0 Å². The van der Waals surface area contributed by atoms with Crippen molar-refractivity contribution in [3.63, 3.8) is 0 Å². The molecule has 1 aliphatic rings. The van der Waals surface area contributed by atoms with Crippen LogP contribution in [0.2, 0.25) is 0 Å². The molecule has 0 unspecified atom stereocenters. The third kappa shape index (κ3) is 6.49. The quantitative estimate of drug-likeness (QED) is 0.404. The second-order valence-electron chi connectivity index (χ2n) is 8.05. The van der Waals surface area contributed by atoms with Gasteiger partial charge >= 0.3 is 0 Å². The van der Waals surface area contributed by atoms with E-state index in [-0.39, 0.29) is 17.6 Å². The van der Waals surface area contributed by atoms with Crippen LogP contribution in [0.3, 0.4) is 0 Å². The fourth-order valence-corrected chi connectivity index (χ4v) is 3.88. The zero-order valence-electron chi connectivity index (χ0n) is 18.1. The van der Waals surface area contributed by atoms with Gasteiger partial charge < -0.3 is 15.1 Å². The molecule has 0 saturated carbocycles. The van der Waals surface area contributed by atoms with Gasteiger partial charge in [0.15, 0.2) is 5.78 Å². The lowest BCUT2D eigenvalue weighted by molar-refractivity contribution is -0.135. The molecule has 0 bridgehead atoms. The standard InChI is InChI=1S/C25H31N3O3/c1-27-16-10-18-28(17-9-8-15-26-24(30)21-13-6-3-7-14-21)25(31)22(19-27)23(29)20-11-4-2-5-12-20/h2-7,11-14,22H,8-10,15-19H2,1H3,(H,26,30)/t22-/m0/s1. The van der Waals surface area contributed by atoms with Crippen molar-refractivity contribution in [2.75, 3.05) is 39.8 Å². The van der Waals surface area contributed by atoms with Gasteiger partial charge in [-0.1, -0.05) is 48.5 Å². The van der Waals surface area contributed by atoms with Gasteiger partial charge in [-0.15, -0.1) is 0 Å². The third-order valence-electron chi connectivity index (χ3n) is 5.62. The molecular weight excluding hydrogens is 390 g/mol. The minimum absolute atomic E-state index is 0.0838. The Hall–Kier alpha value is -2.99. The normalized spacial score (nSPS) is 17.6. The summed E-state index contributed by atoms with van der Waals surface area (Å²) in [7, 11) is 1.96. The SMILES string of the molecule is CN1CCCN(CCCCNC(=O)c2ccccc2)C(=O)[C@H](C(=O)c2ccccc2)C1. The van der Waals surface area contributed by atoms with E-state index in [1.807, 2.05) is 48.3 Å². The Morgan fingerprint density at radius 1 is 0.935 bits per heavy atom. The minimum Gasteiger partial charge on any atom is -0.352 e. The predicted octanol–water partition coefficient (Wildman–Crippen LogP) is 2.86. The molecule has 1 atom stereocenters. The number of nitrogens with one attached hydrogen (secondary N) is 1. The highest BCUT2D eigenvalue weighted by atomic mass is 16.2. The highest BCUT2D eigenvalue weighted by Gasteiger charge is 2.33. The molecule has 6 heteroatoms. The molecule has 2 aromatic rings. The van der Waals surface area contributed by atoms with Gasteiger partial charge in [0.05, 0.1) is 0 Å². The van der Waals surface area contributed by atoms with Gasteiger partial charge in [-0.05, 0) is 45.0 Å². The second-order valence-corrected chi connectivity index (χ2v) is 8.05. The number of nitrogens with zero attached hydrogens (tertiary/aromatic N) is 2. The average Bonchev–Trinajstić information content (AvgIpc) is 2.80. The summed E-state index contributed by atoms with van der Waals surface area (Å²) in [5, 5.41) is 2.92. The van der Waals surface area contributed by atoms with Crippen LogP contribution in [-0.4, -0.2) is 67.2 Å². The number of hydrogen-bond donors (Lipinski definition) is 1. The highest BCUT2D eigenvalue weighted by Crippen LogP contribution is 2.17. The third-order valence-corrected chi connectivity index (χ3v) is 5.62. The van der Waals surface area contributed by atoms with Crippen LogP contribution in [0.15, 0.2) is 60.7 Å². The second kappa shape index (κ2) is 11.4. The molecule has 1 saturated heterocycles. The van der Waals surface area contributed by atoms with Crippen molar-refractivity contribution in [2.24, 2.45) is 5.92 Å². The lowest BCUT2D eigenvalue weighted by atomic mass is 9.94. The Bertz CT molecular complexity index is 870. The number of carbonyl (C=O) groups is 3. The molecule has 31 heavy (non-hydrogen) atoms. The highest BCUT2D eigenvalue weighted by molar-refractivity contribution is 6.10. The largest absolute Gasteiger partial charge is 0.352 e. The molecule has 2 amide bonds. The molecule has 1 heterocycles. The van der Waals surface area contributed by atoms with Crippen LogP contribution in [0.25, 0.3) is 0 Å². The van der Waals surface area contributed by atoms with Gasteiger partial charge in [0.25, 0.3) is 5.91 Å². The first-order valence-corrected chi connectivity index (χ1v) is 11.0. The van der Waals surface area contributed by atoms with E-state index in [2.05, 4.69) is 10.2 Å². The first-order chi connectivity index (χ1) is 15.1. The van der Waals surface area contributed by atoms with E-state index in [0.29, 0.717) is 37.3 Å². The van der Waals surface area contributed by atoms with E-state index in [9.17, 15) is 14.4 Å². The Labute approximate surface area is 184 Å². The van der Waals surface area contributed by atoms with Crippen molar-refractivity contribution in [1.82, 2.24) is 15.1 Å². The predicted molar refractivity (Wildman–Crippen MR) is 121 cm³/mol. The Balaban J connectivity index is 1.52. The van der Waals surface area contributed by atoms with Gasteiger partial charge in [0.2, 0.25) is 5.91 Å². The minimum atomic E-state index is -0.675. The average molecular weight is 422 g/mol. The number of rotatable bonds is 8. The number of amides is 2. The molecule has 0 aromatic heterocycles. The molecule has 6 nitrogen and oxygen atoms in total. The van der Waals surface area contributed by atoms with E-state index in [1.165, 1.54) is 0 Å². The lowest BCUT2D eigenvalue weighted by Gasteiger charge is -2.32. The summed E-state index contributed by atoms with van der Waals surface area (Å²) in [6, 6.07) is 18.2. The van der Waals surface area contributed by atoms with Crippen molar-refractivity contribution < 1.29 is 14.4 Å². The molecular formula is C25H31N3O3. The molecule has 0 radical (unpaired) electrons. The van der Waals surface area contributed by atoms with E-state index in [4.69, 9.17) is 0 Å². The van der Waals surface area contributed by atoms with Crippen molar-refractivity contribution in [3.8, 4) is 0 Å². The number of Topliss-reactive ketones (excluding diaryl/α,β-unsaturated/α-hetero) is 1. The zero-order valence-corrected chi connectivity index (χ0v) is 18.1. The van der Waals surface area contributed by atoms with Gasteiger partial charge in [0.1, 0.15) is 5.92 Å². The molecule has 0 aliphatic carbocycles. The summed E-state index contributed by atoms with van der Waals surface area (Å²) < 4.78 is 0. The molecule has 164 valence electrons. The summed E-state index contributed by atoms with van der Waals surface area (Å²) in [6.45, 7) is 3.11. The number of ketones is 1. The van der Waals surface area contributed by atoms with Crippen LogP contribution in [0.1, 0.15) is 40.0 Å². The molecule has 0 spiro atoms. The lowest BCUT2D eigenvalue weighted by Crippen LogP contribution is -2.48. The summed E-state index contributed by atoms with van der Waals surface area (Å²) in [4.78, 5) is 42.3. The van der Waals surface area contributed by atoms with E-state index < -0.39 is 5.92 Å². The number of benzene rings is 2. The van der Waals surface area contributed by atoms with Crippen molar-refractivity contribution >= 4 is 17.6 Å². The topological polar surface area (TPSA) is 69.7 Å². The molecule has 1 aliphatic heterocycles. The number of unbranched alkanes of at least 4 members (excludes halogenated alkanes) is 1. The maximum absolute atomic E-state index is 13.2. The van der Waals surface area contributed by atoms with Crippen molar-refractivity contribution in [2.45, 2.75) is 19.3 Å². The van der Waals surface area contributed by atoms with Crippen LogP contribution < -0.4 is 5.32 Å². The first kappa shape index (κ1) is 22.7. The first-order valence-electron chi connectivity index (χ1n) is 11.0. The Kier molecular flexibility index (Phi) is 8.35.